The van der Waals surface area contributed by atoms with E-state index in [9.17, 15) is 9.59 Å². The number of ether oxygens (including phenoxy) is 1. The number of anilines is 2. The molecule has 2 N–H and O–H groups in total. The number of carbonyl (C=O) groups is 2. The van der Waals surface area contributed by atoms with Crippen molar-refractivity contribution in [1.29, 1.82) is 0 Å². The molecule has 0 radical (unpaired) electrons. The third-order valence-electron chi connectivity index (χ3n) is 3.32. The predicted molar refractivity (Wildman–Crippen MR) is 64.7 cm³/mol. The van der Waals surface area contributed by atoms with Crippen LogP contribution in [0, 0.1) is 0 Å². The van der Waals surface area contributed by atoms with Crippen LogP contribution in [-0.4, -0.2) is 30.9 Å². The normalized spacial score (nSPS) is 21.5. The van der Waals surface area contributed by atoms with Gasteiger partial charge >= 0.3 is 0 Å². The van der Waals surface area contributed by atoms with E-state index in [-0.39, 0.29) is 5.91 Å². The summed E-state index contributed by atoms with van der Waals surface area (Å²) in [6.45, 7) is 1.17. The molecular weight excluding hydrogens is 240 g/mol. The van der Waals surface area contributed by atoms with Gasteiger partial charge in [-0.15, -0.1) is 11.3 Å². The molecule has 0 unspecified atom stereocenters. The average Bonchev–Trinajstić information content (AvgIpc) is 2.73. The monoisotopic (exact) mass is 252 g/mol. The second-order valence-corrected chi connectivity index (χ2v) is 5.19. The molecule has 0 saturated carbocycles. The van der Waals surface area contributed by atoms with Crippen molar-refractivity contribution in [3.05, 3.63) is 10.3 Å². The van der Waals surface area contributed by atoms with Crippen LogP contribution in [0.1, 0.15) is 22.5 Å². The molecule has 3 heterocycles. The molecule has 0 bridgehead atoms. The Labute approximate surface area is 102 Å². The van der Waals surface area contributed by atoms with Crippen LogP contribution in [0.15, 0.2) is 5.38 Å². The zero-order valence-corrected chi connectivity index (χ0v) is 9.93. The number of rotatable bonds is 1. The third-order valence-corrected chi connectivity index (χ3v) is 4.23. The minimum absolute atomic E-state index is 0.0604. The number of nitrogens with one attached hydrogen (secondary N) is 2. The van der Waals surface area contributed by atoms with Crippen molar-refractivity contribution >= 4 is 34.9 Å². The van der Waals surface area contributed by atoms with Gasteiger partial charge in [0, 0.05) is 31.4 Å². The molecule has 2 aliphatic rings. The number of thiophene rings is 1. The summed E-state index contributed by atoms with van der Waals surface area (Å²) in [6, 6.07) is 0. The molecular formula is C11H12N2O3S. The topological polar surface area (TPSA) is 67.4 Å². The highest BCUT2D eigenvalue weighted by Crippen LogP contribution is 2.40. The first kappa shape index (κ1) is 10.7. The van der Waals surface area contributed by atoms with Crippen LogP contribution in [0.2, 0.25) is 0 Å². The Balaban J connectivity index is 1.97. The van der Waals surface area contributed by atoms with Crippen LogP contribution in [-0.2, 0) is 9.53 Å². The summed E-state index contributed by atoms with van der Waals surface area (Å²) >= 11 is 1.34. The van der Waals surface area contributed by atoms with Crippen LogP contribution in [0.25, 0.3) is 0 Å². The number of aldehydes is 1. The Morgan fingerprint density at radius 3 is 2.88 bits per heavy atom. The van der Waals surface area contributed by atoms with E-state index in [0.717, 1.165) is 12.0 Å². The smallest absolute Gasteiger partial charge is 0.250 e. The van der Waals surface area contributed by atoms with Crippen LogP contribution in [0.3, 0.4) is 0 Å². The summed E-state index contributed by atoms with van der Waals surface area (Å²) in [4.78, 5) is 23.5. The molecule has 1 aromatic rings. The molecule has 0 atom stereocenters. The van der Waals surface area contributed by atoms with E-state index >= 15 is 0 Å². The minimum atomic E-state index is -0.563. The van der Waals surface area contributed by atoms with Crippen molar-refractivity contribution < 1.29 is 14.3 Å². The molecule has 1 amide bonds. The molecule has 5 nitrogen and oxygen atoms in total. The van der Waals surface area contributed by atoms with Gasteiger partial charge in [0.05, 0.1) is 16.3 Å². The fourth-order valence-electron chi connectivity index (χ4n) is 2.30. The number of amides is 1. The molecule has 1 saturated heterocycles. The lowest BCUT2D eigenvalue weighted by Crippen LogP contribution is -2.55. The Morgan fingerprint density at radius 2 is 2.18 bits per heavy atom. The van der Waals surface area contributed by atoms with E-state index in [0.29, 0.717) is 36.6 Å². The summed E-state index contributed by atoms with van der Waals surface area (Å²) < 4.78 is 5.29. The van der Waals surface area contributed by atoms with E-state index in [2.05, 4.69) is 10.6 Å². The highest BCUT2D eigenvalue weighted by Gasteiger charge is 2.44. The maximum absolute atomic E-state index is 12.2. The van der Waals surface area contributed by atoms with Crippen molar-refractivity contribution in [2.24, 2.45) is 0 Å². The molecule has 17 heavy (non-hydrogen) atoms. The van der Waals surface area contributed by atoms with Crippen molar-refractivity contribution in [2.45, 2.75) is 18.4 Å². The first-order valence-corrected chi connectivity index (χ1v) is 6.37. The van der Waals surface area contributed by atoms with Crippen LogP contribution < -0.4 is 10.6 Å². The number of hydrogen-bond donors (Lipinski definition) is 2. The Morgan fingerprint density at radius 1 is 1.41 bits per heavy atom. The van der Waals surface area contributed by atoms with E-state index in [1.165, 1.54) is 11.3 Å². The van der Waals surface area contributed by atoms with Crippen molar-refractivity contribution in [1.82, 2.24) is 0 Å². The maximum atomic E-state index is 12.2. The summed E-state index contributed by atoms with van der Waals surface area (Å²) in [7, 11) is 0. The summed E-state index contributed by atoms with van der Waals surface area (Å²) in [6.07, 6.45) is 2.09. The number of fused-ring (bicyclic) bond motifs is 1. The lowest BCUT2D eigenvalue weighted by atomic mass is 9.87. The van der Waals surface area contributed by atoms with Gasteiger partial charge in [0.15, 0.2) is 6.29 Å². The molecule has 1 spiro atoms. The van der Waals surface area contributed by atoms with Gasteiger partial charge in [0.2, 0.25) is 5.91 Å². The molecule has 1 aromatic heterocycles. The van der Waals surface area contributed by atoms with Gasteiger partial charge in [0.1, 0.15) is 5.54 Å². The summed E-state index contributed by atoms with van der Waals surface area (Å²) in [5, 5.41) is 7.99. The molecule has 0 aromatic carbocycles. The van der Waals surface area contributed by atoms with Gasteiger partial charge in [-0.05, 0) is 0 Å². The summed E-state index contributed by atoms with van der Waals surface area (Å²) in [5.74, 6) is -0.0604. The largest absolute Gasteiger partial charge is 0.381 e. The maximum Gasteiger partial charge on any atom is 0.250 e. The summed E-state index contributed by atoms with van der Waals surface area (Å²) in [5.41, 5.74) is 0.901. The predicted octanol–water partition coefficient (Wildman–Crippen LogP) is 1.47. The first-order chi connectivity index (χ1) is 8.25. The number of hydrogen-bond acceptors (Lipinski definition) is 5. The highest BCUT2D eigenvalue weighted by molar-refractivity contribution is 7.13. The van der Waals surface area contributed by atoms with Gasteiger partial charge in [-0.3, -0.25) is 9.59 Å². The fourth-order valence-corrected chi connectivity index (χ4v) is 3.06. The van der Waals surface area contributed by atoms with Crippen LogP contribution in [0.5, 0.6) is 0 Å². The van der Waals surface area contributed by atoms with E-state index in [1.54, 1.807) is 0 Å². The third kappa shape index (κ3) is 1.56. The van der Waals surface area contributed by atoms with Crippen molar-refractivity contribution in [3.63, 3.8) is 0 Å². The van der Waals surface area contributed by atoms with E-state index < -0.39 is 5.54 Å². The number of carbonyl (C=O) groups excluding carboxylic acids is 2. The van der Waals surface area contributed by atoms with Gasteiger partial charge in [-0.2, -0.15) is 0 Å². The second kappa shape index (κ2) is 3.82. The minimum Gasteiger partial charge on any atom is -0.381 e. The Hall–Kier alpha value is -1.40. The lowest BCUT2D eigenvalue weighted by molar-refractivity contribution is -0.123. The Bertz CT molecular complexity index is 477. The van der Waals surface area contributed by atoms with Crippen LogP contribution in [0.4, 0.5) is 11.4 Å². The fraction of sp³-hybridized carbons (Fsp3) is 0.455. The van der Waals surface area contributed by atoms with Gasteiger partial charge in [-0.25, -0.2) is 0 Å². The first-order valence-electron chi connectivity index (χ1n) is 5.49. The molecule has 3 rings (SSSR count). The van der Waals surface area contributed by atoms with Gasteiger partial charge in [0.25, 0.3) is 0 Å². The lowest BCUT2D eigenvalue weighted by Gasteiger charge is -2.40. The van der Waals surface area contributed by atoms with Crippen molar-refractivity contribution in [3.8, 4) is 0 Å². The second-order valence-electron chi connectivity index (χ2n) is 4.28. The van der Waals surface area contributed by atoms with Gasteiger partial charge in [-0.1, -0.05) is 0 Å². The quantitative estimate of drug-likeness (QED) is 0.743. The van der Waals surface area contributed by atoms with E-state index in [1.807, 2.05) is 5.38 Å². The molecule has 0 aliphatic carbocycles. The highest BCUT2D eigenvalue weighted by atomic mass is 32.1. The molecule has 2 aliphatic heterocycles. The molecule has 6 heteroatoms. The van der Waals surface area contributed by atoms with Crippen molar-refractivity contribution in [2.75, 3.05) is 23.8 Å². The zero-order valence-electron chi connectivity index (χ0n) is 9.12. The standard InChI is InChI=1S/C11H12N2O3S/c14-5-8-9-7(6-17-8)13-11(10(15)12-9)1-3-16-4-2-11/h5-6,13H,1-4H2,(H,12,15). The van der Waals surface area contributed by atoms with Gasteiger partial charge < -0.3 is 15.4 Å². The van der Waals surface area contributed by atoms with E-state index in [4.69, 9.17) is 4.74 Å². The average molecular weight is 252 g/mol. The molecule has 90 valence electrons. The van der Waals surface area contributed by atoms with Crippen LogP contribution >= 0.6 is 11.3 Å². The SMILES string of the molecule is O=Cc1scc2c1NC(=O)C1(CCOCC1)N2. The molecule has 1 fully saturated rings. The Kier molecular flexibility index (Phi) is 2.41. The zero-order chi connectivity index (χ0) is 11.9.